The predicted octanol–water partition coefficient (Wildman–Crippen LogP) is 2.60. The number of allylic oxidation sites excluding steroid dienone is 3. The third-order valence-corrected chi connectivity index (χ3v) is 1.25. The van der Waals surface area contributed by atoms with E-state index in [1.165, 1.54) is 7.11 Å². The van der Waals surface area contributed by atoms with Crippen LogP contribution in [0.5, 0.6) is 0 Å². The van der Waals surface area contributed by atoms with E-state index in [4.69, 9.17) is 4.89 Å². The topological polar surface area (TPSA) is 18.5 Å². The highest BCUT2D eigenvalue weighted by atomic mass is 17.2. The standard InChI is InChI=1S/C9H14O2/c1-5-8(6-2)9(7-3)11-10-4/h5-7H,1H2,2-4H3/b8-6-,9-7+. The Morgan fingerprint density at radius 3 is 2.18 bits per heavy atom. The van der Waals surface area contributed by atoms with Gasteiger partial charge in [-0.25, -0.2) is 0 Å². The molecule has 0 spiro atoms. The van der Waals surface area contributed by atoms with Gasteiger partial charge in [0.2, 0.25) is 0 Å². The number of rotatable bonds is 4. The predicted molar refractivity (Wildman–Crippen MR) is 45.8 cm³/mol. The molecule has 0 heterocycles. The van der Waals surface area contributed by atoms with Crippen molar-refractivity contribution in [3.63, 3.8) is 0 Å². The van der Waals surface area contributed by atoms with Crippen molar-refractivity contribution in [3.05, 3.63) is 36.1 Å². The van der Waals surface area contributed by atoms with Crippen molar-refractivity contribution < 1.29 is 9.78 Å². The van der Waals surface area contributed by atoms with Crippen molar-refractivity contribution in [1.29, 1.82) is 0 Å². The van der Waals surface area contributed by atoms with E-state index in [9.17, 15) is 0 Å². The Balaban J connectivity index is 4.37. The van der Waals surface area contributed by atoms with Gasteiger partial charge in [-0.15, -0.1) is 0 Å². The Hall–Kier alpha value is -1.02. The summed E-state index contributed by atoms with van der Waals surface area (Å²) in [5, 5.41) is 0. The van der Waals surface area contributed by atoms with E-state index >= 15 is 0 Å². The van der Waals surface area contributed by atoms with E-state index in [-0.39, 0.29) is 0 Å². The molecule has 2 heteroatoms. The molecular weight excluding hydrogens is 140 g/mol. The summed E-state index contributed by atoms with van der Waals surface area (Å²) < 4.78 is 0. The second-order valence-corrected chi connectivity index (χ2v) is 1.85. The van der Waals surface area contributed by atoms with E-state index in [1.807, 2.05) is 26.0 Å². The van der Waals surface area contributed by atoms with Crippen LogP contribution in [0.4, 0.5) is 0 Å². The molecule has 0 aromatic rings. The normalized spacial score (nSPS) is 13.0. The fraction of sp³-hybridized carbons (Fsp3) is 0.333. The molecule has 0 atom stereocenters. The average Bonchev–Trinajstić information content (AvgIpc) is 2.05. The Kier molecular flexibility index (Phi) is 5.21. The van der Waals surface area contributed by atoms with Crippen molar-refractivity contribution in [2.24, 2.45) is 0 Å². The summed E-state index contributed by atoms with van der Waals surface area (Å²) in [6, 6.07) is 0. The first-order valence-electron chi connectivity index (χ1n) is 3.46. The van der Waals surface area contributed by atoms with Gasteiger partial charge >= 0.3 is 0 Å². The minimum absolute atomic E-state index is 0.685. The van der Waals surface area contributed by atoms with Crippen molar-refractivity contribution in [2.75, 3.05) is 7.11 Å². The third-order valence-electron chi connectivity index (χ3n) is 1.25. The number of hydrogen-bond acceptors (Lipinski definition) is 2. The molecule has 0 amide bonds. The molecule has 62 valence electrons. The van der Waals surface area contributed by atoms with Crippen molar-refractivity contribution in [3.8, 4) is 0 Å². The molecule has 11 heavy (non-hydrogen) atoms. The minimum atomic E-state index is 0.685. The van der Waals surface area contributed by atoms with Gasteiger partial charge in [-0.3, -0.25) is 0 Å². The Labute approximate surface area is 67.7 Å². The van der Waals surface area contributed by atoms with Crippen LogP contribution in [0.3, 0.4) is 0 Å². The molecule has 0 saturated heterocycles. The Morgan fingerprint density at radius 1 is 1.27 bits per heavy atom. The molecule has 0 aliphatic rings. The minimum Gasteiger partial charge on any atom is -0.338 e. The van der Waals surface area contributed by atoms with Gasteiger partial charge in [0.1, 0.15) is 0 Å². The highest BCUT2D eigenvalue weighted by Crippen LogP contribution is 2.11. The van der Waals surface area contributed by atoms with Crippen LogP contribution in [0.25, 0.3) is 0 Å². The average molecular weight is 154 g/mol. The van der Waals surface area contributed by atoms with Crippen LogP contribution in [-0.2, 0) is 9.78 Å². The van der Waals surface area contributed by atoms with Crippen molar-refractivity contribution in [2.45, 2.75) is 13.8 Å². The molecule has 0 unspecified atom stereocenters. The SMILES string of the molecule is C=CC(=C/C)/C(=C\C)OOC. The molecular formula is C9H14O2. The maximum atomic E-state index is 4.86. The highest BCUT2D eigenvalue weighted by molar-refractivity contribution is 5.33. The van der Waals surface area contributed by atoms with Gasteiger partial charge in [0.25, 0.3) is 0 Å². The molecule has 0 bridgehead atoms. The fourth-order valence-electron chi connectivity index (χ4n) is 0.713. The van der Waals surface area contributed by atoms with Crippen LogP contribution in [0.15, 0.2) is 36.1 Å². The first-order chi connectivity index (χ1) is 5.29. The zero-order valence-electron chi connectivity index (χ0n) is 7.26. The highest BCUT2D eigenvalue weighted by Gasteiger charge is 1.99. The summed E-state index contributed by atoms with van der Waals surface area (Å²) in [7, 11) is 1.47. The molecule has 0 aromatic heterocycles. The Bertz CT molecular complexity index is 178. The second kappa shape index (κ2) is 5.74. The fourth-order valence-corrected chi connectivity index (χ4v) is 0.713. The lowest BCUT2D eigenvalue weighted by Crippen LogP contribution is -1.92. The van der Waals surface area contributed by atoms with Gasteiger partial charge in [-0.2, -0.15) is 4.89 Å². The van der Waals surface area contributed by atoms with Crippen molar-refractivity contribution in [1.82, 2.24) is 0 Å². The molecule has 0 rings (SSSR count). The first-order valence-corrected chi connectivity index (χ1v) is 3.46. The van der Waals surface area contributed by atoms with Gasteiger partial charge in [0, 0.05) is 5.57 Å². The zero-order chi connectivity index (χ0) is 8.69. The van der Waals surface area contributed by atoms with Gasteiger partial charge in [-0.1, -0.05) is 18.7 Å². The summed E-state index contributed by atoms with van der Waals surface area (Å²) in [6.45, 7) is 7.43. The van der Waals surface area contributed by atoms with Crippen LogP contribution in [0, 0.1) is 0 Å². The van der Waals surface area contributed by atoms with Crippen LogP contribution in [-0.4, -0.2) is 7.11 Å². The molecule has 0 aliphatic heterocycles. The van der Waals surface area contributed by atoms with Gasteiger partial charge in [0.05, 0.1) is 7.11 Å². The van der Waals surface area contributed by atoms with Crippen LogP contribution in [0.2, 0.25) is 0 Å². The van der Waals surface area contributed by atoms with E-state index in [2.05, 4.69) is 11.5 Å². The van der Waals surface area contributed by atoms with E-state index in [1.54, 1.807) is 6.08 Å². The molecule has 0 N–H and O–H groups in total. The lowest BCUT2D eigenvalue weighted by molar-refractivity contribution is -0.234. The molecule has 0 aromatic carbocycles. The quantitative estimate of drug-likeness (QED) is 0.268. The molecule has 0 radical (unpaired) electrons. The third kappa shape index (κ3) is 3.05. The van der Waals surface area contributed by atoms with Crippen LogP contribution < -0.4 is 0 Å². The molecule has 2 nitrogen and oxygen atoms in total. The molecule has 0 saturated carbocycles. The molecule has 0 aliphatic carbocycles. The summed E-state index contributed by atoms with van der Waals surface area (Å²) in [5.74, 6) is 0.685. The summed E-state index contributed by atoms with van der Waals surface area (Å²) >= 11 is 0. The van der Waals surface area contributed by atoms with Gasteiger partial charge < -0.3 is 4.89 Å². The second-order valence-electron chi connectivity index (χ2n) is 1.85. The summed E-state index contributed by atoms with van der Waals surface area (Å²) in [6.07, 6.45) is 5.44. The maximum Gasteiger partial charge on any atom is 0.167 e. The monoisotopic (exact) mass is 154 g/mol. The van der Waals surface area contributed by atoms with Crippen LogP contribution in [0.1, 0.15) is 13.8 Å². The smallest absolute Gasteiger partial charge is 0.167 e. The number of hydrogen-bond donors (Lipinski definition) is 0. The summed E-state index contributed by atoms with van der Waals surface area (Å²) in [4.78, 5) is 9.38. The maximum absolute atomic E-state index is 4.86. The first kappa shape index (κ1) is 9.98. The largest absolute Gasteiger partial charge is 0.338 e. The lowest BCUT2D eigenvalue weighted by atomic mass is 10.2. The zero-order valence-corrected chi connectivity index (χ0v) is 7.26. The van der Waals surface area contributed by atoms with Crippen molar-refractivity contribution >= 4 is 0 Å². The Morgan fingerprint density at radius 2 is 1.91 bits per heavy atom. The van der Waals surface area contributed by atoms with Crippen LogP contribution >= 0.6 is 0 Å². The molecule has 0 fully saturated rings. The van der Waals surface area contributed by atoms with Gasteiger partial charge in [0.15, 0.2) is 5.76 Å². The van der Waals surface area contributed by atoms with Gasteiger partial charge in [-0.05, 0) is 19.9 Å². The van der Waals surface area contributed by atoms with E-state index < -0.39 is 0 Å². The lowest BCUT2D eigenvalue weighted by Gasteiger charge is -2.05. The van der Waals surface area contributed by atoms with E-state index in [0.717, 1.165) is 5.57 Å². The van der Waals surface area contributed by atoms with E-state index in [0.29, 0.717) is 5.76 Å². The summed E-state index contributed by atoms with van der Waals surface area (Å²) in [5.41, 5.74) is 0.925.